The number of ether oxygens (including phenoxy) is 4. The van der Waals surface area contributed by atoms with Crippen LogP contribution >= 0.6 is 34.8 Å². The van der Waals surface area contributed by atoms with Gasteiger partial charge in [0.1, 0.15) is 23.7 Å². The molecule has 1 amide bonds. The highest BCUT2D eigenvalue weighted by molar-refractivity contribution is 6.39. The summed E-state index contributed by atoms with van der Waals surface area (Å²) >= 11 is 20.2. The molecule has 10 nitrogen and oxygen atoms in total. The first-order valence-corrected chi connectivity index (χ1v) is 15.6. The van der Waals surface area contributed by atoms with Crippen LogP contribution in [0.1, 0.15) is 27.3 Å². The van der Waals surface area contributed by atoms with Crippen LogP contribution in [0.15, 0.2) is 60.8 Å². The van der Waals surface area contributed by atoms with E-state index >= 15 is 0 Å². The Morgan fingerprint density at radius 3 is 2.22 bits per heavy atom. The quantitative estimate of drug-likeness (QED) is 0.108. The Balaban J connectivity index is 1.45. The van der Waals surface area contributed by atoms with Crippen molar-refractivity contribution in [3.63, 3.8) is 0 Å². The number of halogens is 3. The Hall–Kier alpha value is -3.48. The van der Waals surface area contributed by atoms with Crippen molar-refractivity contribution in [1.29, 1.82) is 0 Å². The molecule has 0 radical (unpaired) electrons. The number of carbonyl (C=O) groups is 1. The van der Waals surface area contributed by atoms with Gasteiger partial charge in [-0.1, -0.05) is 65.1 Å². The van der Waals surface area contributed by atoms with Gasteiger partial charge >= 0.3 is 0 Å². The lowest BCUT2D eigenvalue weighted by atomic mass is 10.0. The number of carbonyl (C=O) groups excluding carboxylic acids is 1. The zero-order chi connectivity index (χ0) is 32.9. The van der Waals surface area contributed by atoms with Crippen LogP contribution in [0.25, 0.3) is 11.1 Å². The number of benzene rings is 2. The lowest BCUT2D eigenvalue weighted by Crippen LogP contribution is -2.19. The number of hydrogen-bond acceptors (Lipinski definition) is 9. The van der Waals surface area contributed by atoms with Gasteiger partial charge in [-0.25, -0.2) is 4.98 Å². The number of aromatic nitrogens is 2. The first kappa shape index (κ1) is 35.4. The highest BCUT2D eigenvalue weighted by atomic mass is 35.5. The highest BCUT2D eigenvalue weighted by Crippen LogP contribution is 2.41. The molecule has 244 valence electrons. The number of nitrogens with one attached hydrogen (secondary N) is 3. The van der Waals surface area contributed by atoms with Gasteiger partial charge in [0.2, 0.25) is 5.88 Å². The second kappa shape index (κ2) is 18.0. The fraction of sp³-hybridized carbons (Fsp3) is 0.303. The Labute approximate surface area is 283 Å². The fourth-order valence-electron chi connectivity index (χ4n) is 4.42. The molecule has 0 bridgehead atoms. The second-order valence-corrected chi connectivity index (χ2v) is 11.2. The maximum atomic E-state index is 13.0. The standard InChI is InChI=1S/C33H36Cl3N5O5/c1-43-14-12-37-17-21-10-11-27(39-18-21)32(42)40-26-8-4-6-23(30(26)35)24-7-5-9-29(31(24)36)46-20-28-25(34)16-22(33(41-28)45-3)19-38-13-15-44-2/h4-11,16,18,37-38H,12-15,17,19-20H2,1-3H3,(H,40,42). The van der Waals surface area contributed by atoms with Crippen LogP contribution in [-0.4, -0.2) is 63.5 Å². The molecule has 4 rings (SSSR count). The van der Waals surface area contributed by atoms with Gasteiger partial charge in [-0.2, -0.15) is 0 Å². The molecule has 0 aliphatic rings. The summed E-state index contributed by atoms with van der Waals surface area (Å²) in [6.45, 7) is 3.78. The van der Waals surface area contributed by atoms with Crippen molar-refractivity contribution < 1.29 is 23.7 Å². The first-order valence-electron chi connectivity index (χ1n) is 14.4. The number of pyridine rings is 2. The molecule has 0 spiro atoms. The number of methoxy groups -OCH3 is 3. The molecule has 0 aliphatic carbocycles. The van der Waals surface area contributed by atoms with Crippen molar-refractivity contribution in [3.05, 3.63) is 98.4 Å². The van der Waals surface area contributed by atoms with Crippen LogP contribution in [0.3, 0.4) is 0 Å². The van der Waals surface area contributed by atoms with Crippen molar-refractivity contribution in [1.82, 2.24) is 20.6 Å². The van der Waals surface area contributed by atoms with Gasteiger partial charge in [-0.05, 0) is 29.8 Å². The lowest BCUT2D eigenvalue weighted by molar-refractivity contribution is 0.102. The molecule has 0 saturated heterocycles. The van der Waals surface area contributed by atoms with Gasteiger partial charge in [0.25, 0.3) is 5.91 Å². The normalized spacial score (nSPS) is 11.0. The average Bonchev–Trinajstić information content (AvgIpc) is 3.06. The van der Waals surface area contributed by atoms with Crippen LogP contribution in [0.4, 0.5) is 5.69 Å². The lowest BCUT2D eigenvalue weighted by Gasteiger charge is -2.16. The van der Waals surface area contributed by atoms with E-state index in [1.807, 2.05) is 18.2 Å². The van der Waals surface area contributed by atoms with Crippen molar-refractivity contribution in [2.75, 3.05) is 52.9 Å². The molecule has 2 aromatic heterocycles. The summed E-state index contributed by atoms with van der Waals surface area (Å²) in [5, 5.41) is 10.4. The molecular formula is C33H36Cl3N5O5. The van der Waals surface area contributed by atoms with Crippen LogP contribution in [0.2, 0.25) is 15.1 Å². The molecule has 13 heteroatoms. The van der Waals surface area contributed by atoms with Gasteiger partial charge in [-0.15, -0.1) is 0 Å². The molecule has 0 aliphatic heterocycles. The third-order valence-corrected chi connectivity index (χ3v) is 7.94. The van der Waals surface area contributed by atoms with Crippen LogP contribution in [0.5, 0.6) is 11.6 Å². The summed E-state index contributed by atoms with van der Waals surface area (Å²) < 4.78 is 21.6. The van der Waals surface area contributed by atoms with E-state index < -0.39 is 5.91 Å². The molecule has 2 aromatic carbocycles. The van der Waals surface area contributed by atoms with Crippen LogP contribution in [0, 0.1) is 0 Å². The Bertz CT molecular complexity index is 1610. The summed E-state index contributed by atoms with van der Waals surface area (Å²) in [5.41, 5.74) is 4.17. The number of anilines is 1. The Morgan fingerprint density at radius 2 is 1.54 bits per heavy atom. The molecule has 2 heterocycles. The molecule has 4 aromatic rings. The summed E-state index contributed by atoms with van der Waals surface area (Å²) in [7, 11) is 4.85. The van der Waals surface area contributed by atoms with Crippen molar-refractivity contribution in [2.45, 2.75) is 19.7 Å². The Morgan fingerprint density at radius 1 is 0.848 bits per heavy atom. The summed E-state index contributed by atoms with van der Waals surface area (Å²) in [6.07, 6.45) is 1.66. The van der Waals surface area contributed by atoms with E-state index in [1.54, 1.807) is 63.9 Å². The summed E-state index contributed by atoms with van der Waals surface area (Å²) in [5.74, 6) is 0.463. The molecule has 46 heavy (non-hydrogen) atoms. The number of nitrogens with zero attached hydrogens (tertiary/aromatic N) is 2. The Kier molecular flexibility index (Phi) is 13.9. The van der Waals surface area contributed by atoms with E-state index in [9.17, 15) is 4.79 Å². The zero-order valence-corrected chi connectivity index (χ0v) is 28.1. The minimum Gasteiger partial charge on any atom is -0.486 e. The topological polar surface area (TPSA) is 116 Å². The minimum absolute atomic E-state index is 0.0502. The molecule has 0 atom stereocenters. The third-order valence-electron chi connectivity index (χ3n) is 6.81. The number of hydrogen-bond donors (Lipinski definition) is 3. The van der Waals surface area contributed by atoms with Gasteiger partial charge in [0, 0.05) is 63.3 Å². The third kappa shape index (κ3) is 9.52. The maximum Gasteiger partial charge on any atom is 0.274 e. The number of rotatable bonds is 17. The minimum atomic E-state index is -0.391. The molecular weight excluding hydrogens is 653 g/mol. The summed E-state index contributed by atoms with van der Waals surface area (Å²) in [4.78, 5) is 21.8. The van der Waals surface area contributed by atoms with Crippen molar-refractivity contribution in [3.8, 4) is 22.8 Å². The van der Waals surface area contributed by atoms with Crippen molar-refractivity contribution in [2.24, 2.45) is 0 Å². The fourth-order valence-corrected chi connectivity index (χ4v) is 5.20. The average molecular weight is 689 g/mol. The van der Waals surface area contributed by atoms with Gasteiger partial charge < -0.3 is 34.9 Å². The van der Waals surface area contributed by atoms with Gasteiger partial charge in [-0.3, -0.25) is 9.78 Å². The first-order chi connectivity index (χ1) is 22.4. The SMILES string of the molecule is COCCNCc1ccc(C(=O)Nc2cccc(-c3cccc(OCc4nc(OC)c(CNCCOC)cc4Cl)c3Cl)c2Cl)nc1. The van der Waals surface area contributed by atoms with E-state index in [-0.39, 0.29) is 12.3 Å². The maximum absolute atomic E-state index is 13.0. The second-order valence-electron chi connectivity index (χ2n) is 10.0. The van der Waals surface area contributed by atoms with E-state index in [0.717, 1.165) is 17.7 Å². The largest absolute Gasteiger partial charge is 0.486 e. The van der Waals surface area contributed by atoms with Crippen LogP contribution < -0.4 is 25.4 Å². The number of amides is 1. The monoisotopic (exact) mass is 687 g/mol. The van der Waals surface area contributed by atoms with E-state index in [4.69, 9.17) is 53.8 Å². The van der Waals surface area contributed by atoms with Crippen molar-refractivity contribution >= 4 is 46.4 Å². The molecule has 0 fully saturated rings. The smallest absolute Gasteiger partial charge is 0.274 e. The highest BCUT2D eigenvalue weighted by Gasteiger charge is 2.18. The molecule has 3 N–H and O–H groups in total. The molecule has 0 unspecified atom stereocenters. The van der Waals surface area contributed by atoms with Gasteiger partial charge in [0.05, 0.1) is 41.1 Å². The van der Waals surface area contributed by atoms with Crippen LogP contribution in [-0.2, 0) is 29.2 Å². The summed E-state index contributed by atoms with van der Waals surface area (Å²) in [6, 6.07) is 16.0. The van der Waals surface area contributed by atoms with E-state index in [1.165, 1.54) is 0 Å². The predicted molar refractivity (Wildman–Crippen MR) is 181 cm³/mol. The van der Waals surface area contributed by atoms with Gasteiger partial charge in [0.15, 0.2) is 0 Å². The predicted octanol–water partition coefficient (Wildman–Crippen LogP) is 6.42. The zero-order valence-electron chi connectivity index (χ0n) is 25.8. The van der Waals surface area contributed by atoms with E-state index in [2.05, 4.69) is 25.9 Å². The van der Waals surface area contributed by atoms with E-state index in [0.29, 0.717) is 82.1 Å². The molecule has 0 saturated carbocycles.